The molecule has 5 heteroatoms. The fourth-order valence-corrected chi connectivity index (χ4v) is 3.25. The number of amides is 1. The summed E-state index contributed by atoms with van der Waals surface area (Å²) in [5.41, 5.74) is 3.29. The monoisotopic (exact) mass is 353 g/mol. The Labute approximate surface area is 153 Å². The van der Waals surface area contributed by atoms with Gasteiger partial charge in [0.2, 0.25) is 0 Å². The van der Waals surface area contributed by atoms with Crippen LogP contribution in [0.5, 0.6) is 5.75 Å². The van der Waals surface area contributed by atoms with Gasteiger partial charge in [-0.1, -0.05) is 23.8 Å². The number of carbonyl (C=O) groups excluding carboxylic acids is 2. The number of carbonyl (C=O) groups is 2. The second kappa shape index (κ2) is 7.60. The van der Waals surface area contributed by atoms with Crippen molar-refractivity contribution in [2.75, 3.05) is 18.6 Å². The highest BCUT2D eigenvalue weighted by Crippen LogP contribution is 2.31. The summed E-state index contributed by atoms with van der Waals surface area (Å²) in [7, 11) is 1.37. The van der Waals surface area contributed by atoms with Gasteiger partial charge in [0.15, 0.2) is 6.10 Å². The van der Waals surface area contributed by atoms with E-state index in [1.165, 1.54) is 7.11 Å². The van der Waals surface area contributed by atoms with E-state index in [9.17, 15) is 9.59 Å². The Morgan fingerprint density at radius 2 is 1.85 bits per heavy atom. The van der Waals surface area contributed by atoms with Crippen molar-refractivity contribution in [1.82, 2.24) is 0 Å². The number of esters is 1. The predicted molar refractivity (Wildman–Crippen MR) is 99.7 cm³/mol. The second-order valence-corrected chi connectivity index (χ2v) is 6.46. The van der Waals surface area contributed by atoms with Crippen molar-refractivity contribution in [2.45, 2.75) is 32.8 Å². The summed E-state index contributed by atoms with van der Waals surface area (Å²) in [6, 6.07) is 13.0. The van der Waals surface area contributed by atoms with Gasteiger partial charge in [-0.05, 0) is 56.5 Å². The Kier molecular flexibility index (Phi) is 5.26. The summed E-state index contributed by atoms with van der Waals surface area (Å²) in [6.07, 6.45) is 0.923. The molecule has 2 aromatic carbocycles. The van der Waals surface area contributed by atoms with Gasteiger partial charge in [0.25, 0.3) is 5.91 Å². The van der Waals surface area contributed by atoms with E-state index in [4.69, 9.17) is 9.47 Å². The first-order valence-corrected chi connectivity index (χ1v) is 8.76. The first-order valence-electron chi connectivity index (χ1n) is 8.76. The van der Waals surface area contributed by atoms with Crippen LogP contribution in [0.2, 0.25) is 0 Å². The number of anilines is 1. The highest BCUT2D eigenvalue weighted by Gasteiger charge is 2.29. The van der Waals surface area contributed by atoms with E-state index in [1.54, 1.807) is 24.0 Å². The minimum absolute atomic E-state index is 0.117. The predicted octanol–water partition coefficient (Wildman–Crippen LogP) is 3.53. The Bertz CT molecular complexity index is 813. The summed E-state index contributed by atoms with van der Waals surface area (Å²) in [6.45, 7) is 4.36. The van der Waals surface area contributed by atoms with Crippen LogP contribution in [0.4, 0.5) is 5.69 Å². The van der Waals surface area contributed by atoms with Crippen LogP contribution >= 0.6 is 0 Å². The van der Waals surface area contributed by atoms with Crippen LogP contribution in [0.1, 0.15) is 34.8 Å². The Balaban J connectivity index is 1.83. The van der Waals surface area contributed by atoms with Gasteiger partial charge in [-0.2, -0.15) is 0 Å². The summed E-state index contributed by atoms with van der Waals surface area (Å²) in [5, 5.41) is 0. The molecule has 0 aromatic heterocycles. The lowest BCUT2D eigenvalue weighted by molar-refractivity contribution is -0.124. The number of nitrogens with zero attached hydrogens (tertiary/aromatic N) is 1. The van der Waals surface area contributed by atoms with Gasteiger partial charge in [0.05, 0.1) is 12.7 Å². The molecule has 0 N–H and O–H groups in total. The maximum absolute atomic E-state index is 13.0. The molecule has 0 spiro atoms. The van der Waals surface area contributed by atoms with Gasteiger partial charge >= 0.3 is 5.97 Å². The number of hydrogen-bond acceptors (Lipinski definition) is 4. The third-order valence-corrected chi connectivity index (χ3v) is 4.60. The molecule has 1 amide bonds. The Morgan fingerprint density at radius 3 is 2.54 bits per heavy atom. The van der Waals surface area contributed by atoms with E-state index in [0.29, 0.717) is 17.9 Å². The molecule has 136 valence electrons. The largest absolute Gasteiger partial charge is 0.481 e. The molecule has 1 aliphatic heterocycles. The molecule has 0 aliphatic carbocycles. The number of rotatable bonds is 4. The van der Waals surface area contributed by atoms with Crippen LogP contribution in [-0.4, -0.2) is 31.6 Å². The number of fused-ring (bicyclic) bond motifs is 1. The molecule has 3 rings (SSSR count). The Hall–Kier alpha value is -2.82. The van der Waals surface area contributed by atoms with Crippen LogP contribution in [0.25, 0.3) is 0 Å². The lowest BCUT2D eigenvalue weighted by Gasteiger charge is -2.32. The molecule has 5 nitrogen and oxygen atoms in total. The fourth-order valence-electron chi connectivity index (χ4n) is 3.25. The highest BCUT2D eigenvalue weighted by atomic mass is 16.5. The van der Waals surface area contributed by atoms with E-state index < -0.39 is 6.10 Å². The van der Waals surface area contributed by atoms with Gasteiger partial charge in [0, 0.05) is 12.2 Å². The van der Waals surface area contributed by atoms with Crippen LogP contribution < -0.4 is 9.64 Å². The molecule has 1 aliphatic rings. The van der Waals surface area contributed by atoms with Crippen molar-refractivity contribution in [3.63, 3.8) is 0 Å². The van der Waals surface area contributed by atoms with Gasteiger partial charge in [0.1, 0.15) is 5.75 Å². The minimum atomic E-state index is -0.620. The number of ether oxygens (including phenoxy) is 2. The van der Waals surface area contributed by atoms with Crippen LogP contribution in [-0.2, 0) is 16.0 Å². The fraction of sp³-hybridized carbons (Fsp3) is 0.333. The number of aryl methyl sites for hydroxylation is 1. The third-order valence-electron chi connectivity index (χ3n) is 4.60. The average Bonchev–Trinajstić information content (AvgIpc) is 2.67. The second-order valence-electron chi connectivity index (χ2n) is 6.46. The normalized spacial score (nSPS) is 14.3. The summed E-state index contributed by atoms with van der Waals surface area (Å²) in [5.74, 6) is 0.172. The third kappa shape index (κ3) is 3.57. The molecule has 0 radical (unpaired) electrons. The lowest BCUT2D eigenvalue weighted by atomic mass is 9.96. The molecule has 0 bridgehead atoms. The SMILES string of the molecule is COC(=O)c1cccc2c1CCCN2C(=O)[C@H](C)Oc1ccc(C)cc1. The summed E-state index contributed by atoms with van der Waals surface area (Å²) >= 11 is 0. The van der Waals surface area contributed by atoms with E-state index in [1.807, 2.05) is 37.3 Å². The van der Waals surface area contributed by atoms with Crippen molar-refractivity contribution in [3.8, 4) is 5.75 Å². The standard InChI is InChI=1S/C21H23NO4/c1-14-9-11-16(12-10-14)26-15(2)20(23)22-13-5-7-17-18(21(24)25-3)6-4-8-19(17)22/h4,6,8-12,15H,5,7,13H2,1-3H3/t15-/m0/s1. The van der Waals surface area contributed by atoms with Crippen LogP contribution in [0.15, 0.2) is 42.5 Å². The highest BCUT2D eigenvalue weighted by molar-refractivity contribution is 6.00. The van der Waals surface area contributed by atoms with E-state index in [-0.39, 0.29) is 11.9 Å². The van der Waals surface area contributed by atoms with Crippen LogP contribution in [0.3, 0.4) is 0 Å². The van der Waals surface area contributed by atoms with Crippen molar-refractivity contribution in [3.05, 3.63) is 59.2 Å². The molecule has 0 saturated heterocycles. The zero-order valence-corrected chi connectivity index (χ0v) is 15.3. The maximum Gasteiger partial charge on any atom is 0.338 e. The lowest BCUT2D eigenvalue weighted by Crippen LogP contribution is -2.43. The molecule has 0 saturated carbocycles. The zero-order chi connectivity index (χ0) is 18.7. The zero-order valence-electron chi connectivity index (χ0n) is 15.3. The molecular formula is C21H23NO4. The smallest absolute Gasteiger partial charge is 0.338 e. The van der Waals surface area contributed by atoms with Crippen molar-refractivity contribution in [1.29, 1.82) is 0 Å². The van der Waals surface area contributed by atoms with Gasteiger partial charge in [-0.25, -0.2) is 4.79 Å². The van der Waals surface area contributed by atoms with Gasteiger partial charge in [-0.15, -0.1) is 0 Å². The molecule has 1 atom stereocenters. The van der Waals surface area contributed by atoms with Crippen LogP contribution in [0, 0.1) is 6.92 Å². The molecular weight excluding hydrogens is 330 g/mol. The van der Waals surface area contributed by atoms with E-state index >= 15 is 0 Å². The molecule has 0 fully saturated rings. The van der Waals surface area contributed by atoms with Crippen molar-refractivity contribution in [2.24, 2.45) is 0 Å². The molecule has 26 heavy (non-hydrogen) atoms. The summed E-state index contributed by atoms with van der Waals surface area (Å²) < 4.78 is 10.7. The Morgan fingerprint density at radius 1 is 1.12 bits per heavy atom. The summed E-state index contributed by atoms with van der Waals surface area (Å²) in [4.78, 5) is 26.7. The minimum Gasteiger partial charge on any atom is -0.481 e. The first-order chi connectivity index (χ1) is 12.5. The van der Waals surface area contributed by atoms with Crippen molar-refractivity contribution >= 4 is 17.6 Å². The maximum atomic E-state index is 13.0. The topological polar surface area (TPSA) is 55.8 Å². The number of methoxy groups -OCH3 is 1. The number of hydrogen-bond donors (Lipinski definition) is 0. The van der Waals surface area contributed by atoms with Crippen molar-refractivity contribution < 1.29 is 19.1 Å². The molecule has 2 aromatic rings. The van der Waals surface area contributed by atoms with E-state index in [2.05, 4.69) is 0 Å². The molecule has 1 heterocycles. The quantitative estimate of drug-likeness (QED) is 0.789. The van der Waals surface area contributed by atoms with Gasteiger partial charge in [-0.3, -0.25) is 4.79 Å². The number of benzene rings is 2. The average molecular weight is 353 g/mol. The van der Waals surface area contributed by atoms with E-state index in [0.717, 1.165) is 29.7 Å². The van der Waals surface area contributed by atoms with Gasteiger partial charge < -0.3 is 14.4 Å². The molecule has 0 unspecified atom stereocenters. The first kappa shape index (κ1) is 18.0.